The van der Waals surface area contributed by atoms with E-state index in [2.05, 4.69) is 33.9 Å². The normalized spacial score (nSPS) is 14.7. The minimum absolute atomic E-state index is 0.0268. The fourth-order valence-corrected chi connectivity index (χ4v) is 4.39. The van der Waals surface area contributed by atoms with Gasteiger partial charge >= 0.3 is 6.09 Å². The number of carbonyl (C=O) groups excluding carboxylic acids is 1. The highest BCUT2D eigenvalue weighted by Gasteiger charge is 2.38. The van der Waals surface area contributed by atoms with Gasteiger partial charge in [0, 0.05) is 13.2 Å². The zero-order chi connectivity index (χ0) is 25.7. The maximum atomic E-state index is 12.8. The predicted octanol–water partition coefficient (Wildman–Crippen LogP) is 6.21. The maximum Gasteiger partial charge on any atom is 0.410 e. The molecule has 0 aliphatic carbocycles. The molecule has 6 nitrogen and oxygen atoms in total. The van der Waals surface area contributed by atoms with Crippen LogP contribution in [0.15, 0.2) is 18.2 Å². The van der Waals surface area contributed by atoms with Crippen LogP contribution in [0.25, 0.3) is 0 Å². The van der Waals surface area contributed by atoms with Crippen LogP contribution >= 0.6 is 23.2 Å². The van der Waals surface area contributed by atoms with Crippen molar-refractivity contribution in [2.75, 3.05) is 26.3 Å². The first-order valence-electron chi connectivity index (χ1n) is 11.3. The van der Waals surface area contributed by atoms with Crippen LogP contribution in [0.2, 0.25) is 28.2 Å². The Kier molecular flexibility index (Phi) is 10.7. The second kappa shape index (κ2) is 11.7. The molecule has 0 bridgehead atoms. The first-order valence-corrected chi connectivity index (χ1v) is 15.0. The van der Waals surface area contributed by atoms with Gasteiger partial charge < -0.3 is 24.3 Å². The lowest BCUT2D eigenvalue weighted by molar-refractivity contribution is -0.0309. The summed E-state index contributed by atoms with van der Waals surface area (Å²) in [6.45, 7) is 16.4. The molecule has 0 saturated carbocycles. The lowest BCUT2D eigenvalue weighted by atomic mass is 9.88. The standard InChI is InChI=1S/C24H41Cl2NO5Si/c1-22(2,3)32-21(29)27(13-14-28)17-24(30,18-10-11-19(25)20(26)16-18)12-9-15-31-33(7,8)23(4,5)6/h10-11,16,28,30H,9,12-15,17H2,1-8H3. The second-order valence-corrected chi connectivity index (χ2v) is 16.6. The molecular weight excluding hydrogens is 481 g/mol. The van der Waals surface area contributed by atoms with Gasteiger partial charge in [0.2, 0.25) is 0 Å². The van der Waals surface area contributed by atoms with Crippen LogP contribution in [-0.4, -0.2) is 61.4 Å². The lowest BCUT2D eigenvalue weighted by Crippen LogP contribution is -2.47. The van der Waals surface area contributed by atoms with Crippen LogP contribution in [0.4, 0.5) is 4.79 Å². The van der Waals surface area contributed by atoms with Gasteiger partial charge in [-0.3, -0.25) is 0 Å². The molecule has 1 atom stereocenters. The Morgan fingerprint density at radius 3 is 2.18 bits per heavy atom. The molecule has 190 valence electrons. The molecule has 1 unspecified atom stereocenters. The molecule has 1 aromatic carbocycles. The van der Waals surface area contributed by atoms with Crippen molar-refractivity contribution in [3.63, 3.8) is 0 Å². The van der Waals surface area contributed by atoms with E-state index in [1.165, 1.54) is 4.90 Å². The molecule has 0 radical (unpaired) electrons. The van der Waals surface area contributed by atoms with Gasteiger partial charge in [-0.15, -0.1) is 0 Å². The smallest absolute Gasteiger partial charge is 0.410 e. The third kappa shape index (κ3) is 9.38. The minimum atomic E-state index is -1.92. The first kappa shape index (κ1) is 30.2. The van der Waals surface area contributed by atoms with Crippen molar-refractivity contribution < 1.29 is 24.2 Å². The number of rotatable bonds is 10. The topological polar surface area (TPSA) is 79.2 Å². The Morgan fingerprint density at radius 2 is 1.70 bits per heavy atom. The summed E-state index contributed by atoms with van der Waals surface area (Å²) in [7, 11) is -1.92. The molecule has 0 aliphatic heterocycles. The molecule has 0 spiro atoms. The van der Waals surface area contributed by atoms with E-state index in [0.29, 0.717) is 35.1 Å². The first-order chi connectivity index (χ1) is 14.9. The number of ether oxygens (including phenoxy) is 1. The molecule has 1 rings (SSSR count). The SMILES string of the molecule is CC(C)(C)OC(=O)N(CCO)CC(O)(CCCO[Si](C)(C)C(C)(C)C)c1ccc(Cl)c(Cl)c1. The van der Waals surface area contributed by atoms with Crippen LogP contribution < -0.4 is 0 Å². The average Bonchev–Trinajstić information content (AvgIpc) is 2.65. The lowest BCUT2D eigenvalue weighted by Gasteiger charge is -2.37. The largest absolute Gasteiger partial charge is 0.444 e. The summed E-state index contributed by atoms with van der Waals surface area (Å²) in [4.78, 5) is 14.1. The van der Waals surface area contributed by atoms with Crippen molar-refractivity contribution in [3.05, 3.63) is 33.8 Å². The van der Waals surface area contributed by atoms with Crippen molar-refractivity contribution in [1.82, 2.24) is 4.90 Å². The van der Waals surface area contributed by atoms with E-state index in [-0.39, 0.29) is 24.7 Å². The Hall–Kier alpha value is -0.833. The number of amides is 1. The molecule has 1 aromatic rings. The molecule has 2 N–H and O–H groups in total. The molecule has 0 saturated heterocycles. The molecule has 0 aromatic heterocycles. The van der Waals surface area contributed by atoms with E-state index in [9.17, 15) is 15.0 Å². The predicted molar refractivity (Wildman–Crippen MR) is 138 cm³/mol. The molecular formula is C24H41Cl2NO5Si. The molecule has 9 heteroatoms. The summed E-state index contributed by atoms with van der Waals surface area (Å²) < 4.78 is 11.8. The molecule has 0 aliphatic rings. The van der Waals surface area contributed by atoms with Crippen LogP contribution in [-0.2, 0) is 14.8 Å². The molecule has 33 heavy (non-hydrogen) atoms. The number of halogens is 2. The molecule has 0 fully saturated rings. The monoisotopic (exact) mass is 521 g/mol. The molecule has 1 amide bonds. The number of nitrogens with zero attached hydrogens (tertiary/aromatic N) is 1. The maximum absolute atomic E-state index is 12.8. The van der Waals surface area contributed by atoms with Gasteiger partial charge in [-0.05, 0) is 69.4 Å². The van der Waals surface area contributed by atoms with E-state index in [4.69, 9.17) is 32.4 Å². The summed E-state index contributed by atoms with van der Waals surface area (Å²) in [5.41, 5.74) is -1.60. The van der Waals surface area contributed by atoms with Gasteiger partial charge in [-0.1, -0.05) is 50.0 Å². The molecule has 0 heterocycles. The summed E-state index contributed by atoms with van der Waals surface area (Å²) in [6.07, 6.45) is 0.294. The number of benzene rings is 1. The Labute approximate surface area is 210 Å². The summed E-state index contributed by atoms with van der Waals surface area (Å²) >= 11 is 12.3. The van der Waals surface area contributed by atoms with Gasteiger partial charge in [0.25, 0.3) is 0 Å². The van der Waals surface area contributed by atoms with Gasteiger partial charge in [0.15, 0.2) is 8.32 Å². The zero-order valence-electron chi connectivity index (χ0n) is 21.3. The van der Waals surface area contributed by atoms with E-state index in [0.717, 1.165) is 0 Å². The Morgan fingerprint density at radius 1 is 1.09 bits per heavy atom. The Bertz CT molecular complexity index is 792. The second-order valence-electron chi connectivity index (χ2n) is 11.0. The van der Waals surface area contributed by atoms with Gasteiger partial charge in [0.1, 0.15) is 11.2 Å². The van der Waals surface area contributed by atoms with Gasteiger partial charge in [-0.25, -0.2) is 4.79 Å². The van der Waals surface area contributed by atoms with E-state index >= 15 is 0 Å². The number of carbonyl (C=O) groups is 1. The van der Waals surface area contributed by atoms with Crippen LogP contribution in [0.3, 0.4) is 0 Å². The highest BCUT2D eigenvalue weighted by molar-refractivity contribution is 6.74. The fraction of sp³-hybridized carbons (Fsp3) is 0.708. The van der Waals surface area contributed by atoms with Crippen molar-refractivity contribution in [2.45, 2.75) is 83.7 Å². The number of aliphatic hydroxyl groups is 2. The van der Waals surface area contributed by atoms with Crippen molar-refractivity contribution in [3.8, 4) is 0 Å². The number of hydrogen-bond donors (Lipinski definition) is 2. The summed E-state index contributed by atoms with van der Waals surface area (Å²) in [5.74, 6) is 0. The van der Waals surface area contributed by atoms with Crippen molar-refractivity contribution >= 4 is 37.6 Å². The summed E-state index contributed by atoms with van der Waals surface area (Å²) in [5, 5.41) is 22.1. The number of aliphatic hydroxyl groups excluding tert-OH is 1. The van der Waals surface area contributed by atoms with Crippen molar-refractivity contribution in [2.24, 2.45) is 0 Å². The van der Waals surface area contributed by atoms with E-state index < -0.39 is 25.6 Å². The van der Waals surface area contributed by atoms with E-state index in [1.54, 1.807) is 39.0 Å². The van der Waals surface area contributed by atoms with E-state index in [1.807, 2.05) is 0 Å². The average molecular weight is 523 g/mol. The minimum Gasteiger partial charge on any atom is -0.444 e. The van der Waals surface area contributed by atoms with Gasteiger partial charge in [-0.2, -0.15) is 0 Å². The highest BCUT2D eigenvalue weighted by Crippen LogP contribution is 2.37. The van der Waals surface area contributed by atoms with Crippen LogP contribution in [0.1, 0.15) is 59.9 Å². The Balaban J connectivity index is 3.13. The third-order valence-corrected chi connectivity index (χ3v) is 11.2. The highest BCUT2D eigenvalue weighted by atomic mass is 35.5. The quantitative estimate of drug-likeness (QED) is 0.282. The van der Waals surface area contributed by atoms with Gasteiger partial charge in [0.05, 0.1) is 23.2 Å². The third-order valence-electron chi connectivity index (χ3n) is 5.93. The zero-order valence-corrected chi connectivity index (χ0v) is 23.8. The van der Waals surface area contributed by atoms with Crippen LogP contribution in [0.5, 0.6) is 0 Å². The van der Waals surface area contributed by atoms with Crippen LogP contribution in [0, 0.1) is 0 Å². The van der Waals surface area contributed by atoms with Crippen molar-refractivity contribution in [1.29, 1.82) is 0 Å². The fourth-order valence-electron chi connectivity index (χ4n) is 3.01. The summed E-state index contributed by atoms with van der Waals surface area (Å²) in [6, 6.07) is 4.94. The number of hydrogen-bond acceptors (Lipinski definition) is 5.